The van der Waals surface area contributed by atoms with Crippen LogP contribution in [0.4, 0.5) is 5.69 Å². The molecule has 0 radical (unpaired) electrons. The SMILES string of the molecule is C=C(C)C(=O)NC1CCCN(c2ccc(C(N)=O)c3[nH]c(C)c(C)c23)C1. The minimum atomic E-state index is -0.437. The van der Waals surface area contributed by atoms with Crippen molar-refractivity contribution < 1.29 is 9.59 Å². The zero-order chi connectivity index (χ0) is 19.0. The van der Waals surface area contributed by atoms with E-state index in [-0.39, 0.29) is 11.9 Å². The molecule has 3 rings (SSSR count). The van der Waals surface area contributed by atoms with E-state index in [0.717, 1.165) is 53.8 Å². The van der Waals surface area contributed by atoms with Crippen LogP contribution in [0.3, 0.4) is 0 Å². The van der Waals surface area contributed by atoms with E-state index in [1.54, 1.807) is 13.0 Å². The Morgan fingerprint density at radius 3 is 2.73 bits per heavy atom. The van der Waals surface area contributed by atoms with Gasteiger partial charge in [-0.05, 0) is 51.3 Å². The highest BCUT2D eigenvalue weighted by Gasteiger charge is 2.25. The van der Waals surface area contributed by atoms with Gasteiger partial charge in [-0.1, -0.05) is 6.58 Å². The molecular formula is C20H26N4O2. The summed E-state index contributed by atoms with van der Waals surface area (Å²) in [6.45, 7) is 11.1. The number of amides is 2. The standard InChI is InChI=1S/C20H26N4O2/c1-11(2)20(26)23-14-6-5-9-24(10-14)16-8-7-15(19(21)25)18-17(16)12(3)13(4)22-18/h7-8,14,22H,1,5-6,9-10H2,2-4H3,(H2,21,25)(H,23,26). The van der Waals surface area contributed by atoms with Crippen LogP contribution >= 0.6 is 0 Å². The smallest absolute Gasteiger partial charge is 0.250 e. The van der Waals surface area contributed by atoms with E-state index in [9.17, 15) is 9.59 Å². The van der Waals surface area contributed by atoms with Crippen molar-refractivity contribution in [1.29, 1.82) is 0 Å². The van der Waals surface area contributed by atoms with E-state index in [2.05, 4.69) is 21.8 Å². The maximum Gasteiger partial charge on any atom is 0.250 e. The molecule has 6 heteroatoms. The van der Waals surface area contributed by atoms with Gasteiger partial charge in [0.15, 0.2) is 0 Å². The summed E-state index contributed by atoms with van der Waals surface area (Å²) < 4.78 is 0. The summed E-state index contributed by atoms with van der Waals surface area (Å²) >= 11 is 0. The van der Waals surface area contributed by atoms with Gasteiger partial charge in [-0.3, -0.25) is 9.59 Å². The van der Waals surface area contributed by atoms with Crippen molar-refractivity contribution in [3.63, 3.8) is 0 Å². The number of aromatic nitrogens is 1. The van der Waals surface area contributed by atoms with Crippen molar-refractivity contribution in [2.45, 2.75) is 39.7 Å². The number of aromatic amines is 1. The van der Waals surface area contributed by atoms with Gasteiger partial charge in [0.2, 0.25) is 5.91 Å². The number of rotatable bonds is 4. The van der Waals surface area contributed by atoms with Gasteiger partial charge in [0.1, 0.15) is 0 Å². The molecular weight excluding hydrogens is 328 g/mol. The van der Waals surface area contributed by atoms with Gasteiger partial charge >= 0.3 is 0 Å². The van der Waals surface area contributed by atoms with Crippen LogP contribution in [0.2, 0.25) is 0 Å². The highest BCUT2D eigenvalue weighted by molar-refractivity contribution is 6.10. The predicted molar refractivity (Wildman–Crippen MR) is 104 cm³/mol. The zero-order valence-corrected chi connectivity index (χ0v) is 15.6. The third-order valence-corrected chi connectivity index (χ3v) is 5.18. The molecule has 6 nitrogen and oxygen atoms in total. The second-order valence-corrected chi connectivity index (χ2v) is 7.16. The number of H-pyrrole nitrogens is 1. The van der Waals surface area contributed by atoms with Crippen LogP contribution in [0.1, 0.15) is 41.4 Å². The number of benzene rings is 1. The molecule has 2 heterocycles. The first kappa shape index (κ1) is 18.0. The predicted octanol–water partition coefficient (Wildman–Crippen LogP) is 2.54. The summed E-state index contributed by atoms with van der Waals surface area (Å²) in [5.74, 6) is -0.534. The maximum absolute atomic E-state index is 12.0. The van der Waals surface area contributed by atoms with Crippen LogP contribution in [0.15, 0.2) is 24.3 Å². The first-order valence-electron chi connectivity index (χ1n) is 8.92. The number of nitrogens with zero attached hydrogens (tertiary/aromatic N) is 1. The Hall–Kier alpha value is -2.76. The molecule has 2 amide bonds. The molecule has 2 aromatic rings. The van der Waals surface area contributed by atoms with E-state index < -0.39 is 5.91 Å². The van der Waals surface area contributed by atoms with Gasteiger partial charge in [0, 0.05) is 41.5 Å². The topological polar surface area (TPSA) is 91.2 Å². The largest absolute Gasteiger partial charge is 0.369 e. The van der Waals surface area contributed by atoms with Gasteiger partial charge in [-0.25, -0.2) is 0 Å². The van der Waals surface area contributed by atoms with Crippen LogP contribution in [-0.4, -0.2) is 35.9 Å². The lowest BCUT2D eigenvalue weighted by molar-refractivity contribution is -0.118. The van der Waals surface area contributed by atoms with E-state index in [1.807, 2.05) is 19.9 Å². The Balaban J connectivity index is 1.97. The number of hydrogen-bond acceptors (Lipinski definition) is 3. The molecule has 0 spiro atoms. The minimum absolute atomic E-state index is 0.0826. The number of carbonyl (C=O) groups excluding carboxylic acids is 2. The quantitative estimate of drug-likeness (QED) is 0.737. The Kier molecular flexibility index (Phi) is 4.76. The number of fused-ring (bicyclic) bond motifs is 1. The Morgan fingerprint density at radius 2 is 2.08 bits per heavy atom. The number of aryl methyl sites for hydroxylation is 2. The maximum atomic E-state index is 12.0. The summed E-state index contributed by atoms with van der Waals surface area (Å²) in [6, 6.07) is 3.83. The molecule has 1 fully saturated rings. The fourth-order valence-electron chi connectivity index (χ4n) is 3.66. The molecule has 0 aliphatic carbocycles. The fourth-order valence-corrected chi connectivity index (χ4v) is 3.66. The monoisotopic (exact) mass is 354 g/mol. The lowest BCUT2D eigenvalue weighted by Crippen LogP contribution is -2.48. The summed E-state index contributed by atoms with van der Waals surface area (Å²) in [4.78, 5) is 29.3. The van der Waals surface area contributed by atoms with E-state index in [1.165, 1.54) is 0 Å². The molecule has 0 bridgehead atoms. The summed E-state index contributed by atoms with van der Waals surface area (Å²) in [7, 11) is 0. The number of hydrogen-bond donors (Lipinski definition) is 3. The summed E-state index contributed by atoms with van der Waals surface area (Å²) in [6.07, 6.45) is 1.94. The van der Waals surface area contributed by atoms with Gasteiger partial charge in [-0.15, -0.1) is 0 Å². The molecule has 1 aromatic heterocycles. The third kappa shape index (κ3) is 3.19. The Bertz CT molecular complexity index is 897. The van der Waals surface area contributed by atoms with Gasteiger partial charge in [0.25, 0.3) is 5.91 Å². The second-order valence-electron chi connectivity index (χ2n) is 7.16. The molecule has 1 saturated heterocycles. The fraction of sp³-hybridized carbons (Fsp3) is 0.400. The van der Waals surface area contributed by atoms with Crippen LogP contribution in [-0.2, 0) is 4.79 Å². The van der Waals surface area contributed by atoms with Crippen molar-refractivity contribution >= 4 is 28.4 Å². The van der Waals surface area contributed by atoms with Crippen molar-refractivity contribution in [2.24, 2.45) is 5.73 Å². The second kappa shape index (κ2) is 6.86. The van der Waals surface area contributed by atoms with Gasteiger partial charge in [-0.2, -0.15) is 0 Å². The lowest BCUT2D eigenvalue weighted by atomic mass is 10.0. The number of piperidine rings is 1. The van der Waals surface area contributed by atoms with Crippen LogP contribution in [0, 0.1) is 13.8 Å². The van der Waals surface area contributed by atoms with Gasteiger partial charge < -0.3 is 20.9 Å². The third-order valence-electron chi connectivity index (χ3n) is 5.18. The van der Waals surface area contributed by atoms with Crippen molar-refractivity contribution in [2.75, 3.05) is 18.0 Å². The van der Waals surface area contributed by atoms with Crippen molar-refractivity contribution in [1.82, 2.24) is 10.3 Å². The molecule has 1 aromatic carbocycles. The highest BCUT2D eigenvalue weighted by atomic mass is 16.2. The first-order chi connectivity index (χ1) is 12.3. The number of anilines is 1. The number of primary amides is 1. The molecule has 1 atom stereocenters. The summed E-state index contributed by atoms with van der Waals surface area (Å²) in [5.41, 5.74) is 10.6. The van der Waals surface area contributed by atoms with Crippen molar-refractivity contribution in [3.05, 3.63) is 41.1 Å². The molecule has 1 aliphatic heterocycles. The first-order valence-corrected chi connectivity index (χ1v) is 8.92. The molecule has 0 saturated carbocycles. The molecule has 1 unspecified atom stereocenters. The average molecular weight is 354 g/mol. The highest BCUT2D eigenvalue weighted by Crippen LogP contribution is 2.35. The minimum Gasteiger partial charge on any atom is -0.369 e. The van der Waals surface area contributed by atoms with Crippen LogP contribution < -0.4 is 16.0 Å². The van der Waals surface area contributed by atoms with Crippen LogP contribution in [0.5, 0.6) is 0 Å². The lowest BCUT2D eigenvalue weighted by Gasteiger charge is -2.35. The Labute approximate surface area is 153 Å². The molecule has 1 aliphatic rings. The Morgan fingerprint density at radius 1 is 1.35 bits per heavy atom. The van der Waals surface area contributed by atoms with E-state index in [4.69, 9.17) is 5.73 Å². The van der Waals surface area contributed by atoms with Crippen molar-refractivity contribution in [3.8, 4) is 0 Å². The van der Waals surface area contributed by atoms with Crippen LogP contribution in [0.25, 0.3) is 10.9 Å². The van der Waals surface area contributed by atoms with E-state index in [0.29, 0.717) is 11.1 Å². The van der Waals surface area contributed by atoms with Gasteiger partial charge in [0.05, 0.1) is 11.1 Å². The molecule has 138 valence electrons. The number of carbonyl (C=O) groups is 2. The van der Waals surface area contributed by atoms with E-state index >= 15 is 0 Å². The molecule has 4 N–H and O–H groups in total. The number of nitrogens with one attached hydrogen (secondary N) is 2. The summed E-state index contributed by atoms with van der Waals surface area (Å²) in [5, 5.41) is 4.09. The normalized spacial score (nSPS) is 17.3. The zero-order valence-electron chi connectivity index (χ0n) is 15.6. The number of nitrogens with two attached hydrogens (primary N) is 1. The molecule has 26 heavy (non-hydrogen) atoms. The average Bonchev–Trinajstić information content (AvgIpc) is 2.89.